The Balaban J connectivity index is 1.31. The lowest BCUT2D eigenvalue weighted by atomic mass is 9.99. The molecule has 1 amide bonds. The molecule has 1 fully saturated rings. The number of Topliss-reactive ketones (excluding diaryl/α,β-unsaturated/α-hetero) is 1. The highest BCUT2D eigenvalue weighted by molar-refractivity contribution is 7.22. The Hall–Kier alpha value is -3.78. The lowest BCUT2D eigenvalue weighted by Gasteiger charge is -2.05. The molecular formula is C28H29N5O2S. The predicted octanol–water partition coefficient (Wildman–Crippen LogP) is 6.29. The minimum Gasteiger partial charge on any atom is -0.394 e. The van der Waals surface area contributed by atoms with Crippen LogP contribution in [0.4, 0.5) is 5.13 Å². The quantitative estimate of drug-likeness (QED) is 0.110. The number of fused-ring (bicyclic) bond motifs is 2. The molecule has 7 nitrogen and oxygen atoms in total. The van der Waals surface area contributed by atoms with E-state index in [-0.39, 0.29) is 17.6 Å². The average molecular weight is 500 g/mol. The molecule has 1 saturated carbocycles. The highest BCUT2D eigenvalue weighted by Gasteiger charge is 2.30. The third-order valence-electron chi connectivity index (χ3n) is 6.52. The number of carbonyl (C=O) groups excluding carboxylic acids is 2. The number of ketones is 1. The number of nitrogens with zero attached hydrogens (tertiary/aromatic N) is 1. The summed E-state index contributed by atoms with van der Waals surface area (Å²) in [5.74, 6) is 0.335. The molecule has 0 spiro atoms. The van der Waals surface area contributed by atoms with Gasteiger partial charge in [-0.1, -0.05) is 23.5 Å². The maximum Gasteiger partial charge on any atom is 0.229 e. The molecule has 0 bridgehead atoms. The third kappa shape index (κ3) is 5.23. The van der Waals surface area contributed by atoms with Crippen LogP contribution in [-0.2, 0) is 4.79 Å². The fourth-order valence-electron chi connectivity index (χ4n) is 4.36. The SMILES string of the molecule is CN/C=C(\C=N)CCCCC(=O)c1c[nH]c2ccc(-c3ccc4nc(NC(=O)C5CC5)sc4c3)cc12. The Morgan fingerprint density at radius 2 is 1.92 bits per heavy atom. The van der Waals surface area contributed by atoms with Crippen molar-refractivity contribution in [3.05, 3.63) is 59.9 Å². The van der Waals surface area contributed by atoms with Gasteiger partial charge in [-0.05, 0) is 73.1 Å². The molecule has 0 radical (unpaired) electrons. The van der Waals surface area contributed by atoms with E-state index in [1.165, 1.54) is 17.6 Å². The maximum absolute atomic E-state index is 13.0. The first-order valence-corrected chi connectivity index (χ1v) is 13.1. The molecule has 184 valence electrons. The van der Waals surface area contributed by atoms with Gasteiger partial charge in [-0.25, -0.2) is 4.98 Å². The minimum atomic E-state index is 0.0639. The second-order valence-corrected chi connectivity index (χ2v) is 10.2. The van der Waals surface area contributed by atoms with Gasteiger partial charge in [0.2, 0.25) is 5.91 Å². The lowest BCUT2D eigenvalue weighted by molar-refractivity contribution is -0.117. The molecule has 2 aromatic heterocycles. The molecule has 1 aliphatic rings. The fourth-order valence-corrected chi connectivity index (χ4v) is 5.27. The number of thiazole rings is 1. The Kier molecular flexibility index (Phi) is 6.95. The molecule has 5 rings (SSSR count). The van der Waals surface area contributed by atoms with Crippen LogP contribution in [0.3, 0.4) is 0 Å². The van der Waals surface area contributed by atoms with Crippen molar-refractivity contribution < 1.29 is 9.59 Å². The van der Waals surface area contributed by atoms with Crippen LogP contribution in [-0.4, -0.2) is 34.9 Å². The lowest BCUT2D eigenvalue weighted by Crippen LogP contribution is -2.12. The molecule has 2 heterocycles. The molecule has 2 aromatic carbocycles. The number of carbonyl (C=O) groups is 2. The van der Waals surface area contributed by atoms with Crippen molar-refractivity contribution in [2.75, 3.05) is 12.4 Å². The molecule has 4 aromatic rings. The van der Waals surface area contributed by atoms with E-state index in [9.17, 15) is 9.59 Å². The van der Waals surface area contributed by atoms with Gasteiger partial charge in [-0.3, -0.25) is 9.59 Å². The molecule has 0 saturated heterocycles. The zero-order valence-electron chi connectivity index (χ0n) is 20.2. The Morgan fingerprint density at radius 3 is 2.69 bits per heavy atom. The van der Waals surface area contributed by atoms with Crippen LogP contribution >= 0.6 is 11.3 Å². The van der Waals surface area contributed by atoms with Crippen molar-refractivity contribution in [2.45, 2.75) is 38.5 Å². The van der Waals surface area contributed by atoms with Gasteiger partial charge in [0, 0.05) is 54.5 Å². The van der Waals surface area contributed by atoms with Crippen molar-refractivity contribution >= 4 is 55.5 Å². The third-order valence-corrected chi connectivity index (χ3v) is 7.45. The van der Waals surface area contributed by atoms with E-state index >= 15 is 0 Å². The van der Waals surface area contributed by atoms with E-state index in [0.717, 1.165) is 69.9 Å². The number of anilines is 1. The first-order chi connectivity index (χ1) is 17.6. The summed E-state index contributed by atoms with van der Waals surface area (Å²) in [7, 11) is 1.82. The summed E-state index contributed by atoms with van der Waals surface area (Å²) in [6, 6.07) is 12.2. The van der Waals surface area contributed by atoms with E-state index < -0.39 is 0 Å². The van der Waals surface area contributed by atoms with Crippen molar-refractivity contribution in [1.29, 1.82) is 5.41 Å². The molecule has 36 heavy (non-hydrogen) atoms. The monoisotopic (exact) mass is 499 g/mol. The highest BCUT2D eigenvalue weighted by atomic mass is 32.1. The zero-order valence-corrected chi connectivity index (χ0v) is 21.0. The number of H-pyrrole nitrogens is 1. The second kappa shape index (κ2) is 10.5. The number of aromatic amines is 1. The summed E-state index contributed by atoms with van der Waals surface area (Å²) in [6.45, 7) is 0. The van der Waals surface area contributed by atoms with Gasteiger partial charge in [0.1, 0.15) is 0 Å². The van der Waals surface area contributed by atoms with Gasteiger partial charge >= 0.3 is 0 Å². The molecule has 4 N–H and O–H groups in total. The highest BCUT2D eigenvalue weighted by Crippen LogP contribution is 2.34. The Bertz CT molecular complexity index is 1480. The number of amides is 1. The molecule has 0 atom stereocenters. The second-order valence-electron chi connectivity index (χ2n) is 9.21. The Morgan fingerprint density at radius 1 is 1.14 bits per heavy atom. The van der Waals surface area contributed by atoms with Crippen molar-refractivity contribution in [3.63, 3.8) is 0 Å². The van der Waals surface area contributed by atoms with E-state index in [0.29, 0.717) is 17.1 Å². The van der Waals surface area contributed by atoms with Gasteiger partial charge in [-0.15, -0.1) is 0 Å². The number of rotatable bonds is 11. The predicted molar refractivity (Wildman–Crippen MR) is 147 cm³/mol. The molecule has 8 heteroatoms. The summed E-state index contributed by atoms with van der Waals surface area (Å²) in [6.07, 6.45) is 9.81. The van der Waals surface area contributed by atoms with Crippen LogP contribution in [0, 0.1) is 11.3 Å². The standard InChI is InChI=1S/C28H29N5O2S/c1-30-15-17(14-29)4-2-3-5-25(34)22-16-31-23-10-8-19(12-21(22)23)20-9-11-24-26(13-20)36-28(32-24)33-27(35)18-6-7-18/h8-16,18,29-31H,2-7H2,1H3,(H,32,33,35)/b17-15-,29-14?. The molecule has 1 aliphatic carbocycles. The smallest absolute Gasteiger partial charge is 0.229 e. The first kappa shape index (κ1) is 23.9. The van der Waals surface area contributed by atoms with E-state index in [1.54, 1.807) is 0 Å². The topological polar surface area (TPSA) is 111 Å². The number of hydrogen-bond donors (Lipinski definition) is 4. The number of benzene rings is 2. The molecule has 0 unspecified atom stereocenters. The number of hydrogen-bond acceptors (Lipinski definition) is 6. The average Bonchev–Trinajstić information content (AvgIpc) is 3.54. The van der Waals surface area contributed by atoms with E-state index in [2.05, 4.69) is 38.8 Å². The largest absolute Gasteiger partial charge is 0.394 e. The number of allylic oxidation sites excluding steroid dienone is 1. The summed E-state index contributed by atoms with van der Waals surface area (Å²) in [5, 5.41) is 14.9. The van der Waals surface area contributed by atoms with Crippen LogP contribution < -0.4 is 10.6 Å². The van der Waals surface area contributed by atoms with Crippen LogP contribution in [0.2, 0.25) is 0 Å². The van der Waals surface area contributed by atoms with Crippen LogP contribution in [0.25, 0.3) is 32.2 Å². The minimum absolute atomic E-state index is 0.0639. The maximum atomic E-state index is 13.0. The summed E-state index contributed by atoms with van der Waals surface area (Å²) in [4.78, 5) is 32.9. The van der Waals surface area contributed by atoms with Gasteiger partial charge < -0.3 is 21.0 Å². The number of nitrogens with one attached hydrogen (secondary N) is 4. The zero-order chi connectivity index (χ0) is 25.1. The number of aromatic nitrogens is 2. The summed E-state index contributed by atoms with van der Waals surface area (Å²) < 4.78 is 1.01. The molecular weight excluding hydrogens is 470 g/mol. The van der Waals surface area contributed by atoms with Crippen LogP contribution in [0.1, 0.15) is 48.9 Å². The summed E-state index contributed by atoms with van der Waals surface area (Å²) >= 11 is 1.49. The van der Waals surface area contributed by atoms with Crippen molar-refractivity contribution in [2.24, 2.45) is 5.92 Å². The Labute approximate surface area is 213 Å². The summed E-state index contributed by atoms with van der Waals surface area (Å²) in [5.41, 5.74) is 5.52. The number of unbranched alkanes of at least 4 members (excludes halogenated alkanes) is 1. The van der Waals surface area contributed by atoms with Crippen LogP contribution in [0.5, 0.6) is 0 Å². The first-order valence-electron chi connectivity index (χ1n) is 12.3. The van der Waals surface area contributed by atoms with E-state index in [1.807, 2.05) is 37.6 Å². The van der Waals surface area contributed by atoms with Crippen molar-refractivity contribution in [1.82, 2.24) is 15.3 Å². The van der Waals surface area contributed by atoms with Gasteiger partial charge in [0.05, 0.1) is 10.2 Å². The fraction of sp³-hybridized carbons (Fsp3) is 0.286. The van der Waals surface area contributed by atoms with Crippen LogP contribution in [0.15, 0.2) is 54.4 Å². The van der Waals surface area contributed by atoms with Gasteiger partial charge in [0.15, 0.2) is 10.9 Å². The normalized spacial score (nSPS) is 13.8. The van der Waals surface area contributed by atoms with Gasteiger partial charge in [-0.2, -0.15) is 0 Å². The van der Waals surface area contributed by atoms with Gasteiger partial charge in [0.25, 0.3) is 0 Å². The molecule has 0 aliphatic heterocycles. The van der Waals surface area contributed by atoms with Crippen molar-refractivity contribution in [3.8, 4) is 11.1 Å². The van der Waals surface area contributed by atoms with E-state index in [4.69, 9.17) is 5.41 Å².